The Morgan fingerprint density at radius 2 is 2.31 bits per heavy atom. The Morgan fingerprint density at radius 3 is 3.00 bits per heavy atom. The molecule has 1 aliphatic rings. The summed E-state index contributed by atoms with van der Waals surface area (Å²) in [5, 5.41) is 0. The summed E-state index contributed by atoms with van der Waals surface area (Å²) < 4.78 is 2.46. The second-order valence-corrected chi connectivity index (χ2v) is 4.06. The van der Waals surface area contributed by atoms with E-state index in [4.69, 9.17) is 0 Å². The van der Waals surface area contributed by atoms with Crippen molar-refractivity contribution in [2.24, 2.45) is 0 Å². The fraction of sp³-hybridized carbons (Fsp3) is 0.667. The Bertz CT molecular complexity index is 285. The zero-order valence-electron chi connectivity index (χ0n) is 8.71. The van der Waals surface area contributed by atoms with Gasteiger partial charge in [-0.15, -0.1) is 0 Å². The molecule has 1 unspecified atom stereocenters. The lowest BCUT2D eigenvalue weighted by atomic mass is 9.97. The normalized spacial score (nSPS) is 20.6. The number of hydrogen-bond acceptors (Lipinski definition) is 0. The number of aromatic nitrogens is 1. The van der Waals surface area contributed by atoms with E-state index in [1.54, 1.807) is 11.3 Å². The van der Waals surface area contributed by atoms with Gasteiger partial charge in [0.25, 0.3) is 0 Å². The van der Waals surface area contributed by atoms with Gasteiger partial charge in [-0.05, 0) is 30.9 Å². The van der Waals surface area contributed by atoms with Crippen LogP contribution >= 0.6 is 0 Å². The van der Waals surface area contributed by atoms with Gasteiger partial charge in [-0.3, -0.25) is 0 Å². The van der Waals surface area contributed by atoms with Crippen LogP contribution in [0.25, 0.3) is 0 Å². The molecule has 0 saturated carbocycles. The summed E-state index contributed by atoms with van der Waals surface area (Å²) in [6, 6.07) is 2.32. The molecule has 1 heteroatoms. The molecule has 2 heterocycles. The van der Waals surface area contributed by atoms with Gasteiger partial charge in [0.15, 0.2) is 0 Å². The minimum atomic E-state index is 0.844. The van der Waals surface area contributed by atoms with Crippen LogP contribution in [0.2, 0.25) is 0 Å². The minimum absolute atomic E-state index is 0.844. The molecule has 1 atom stereocenters. The van der Waals surface area contributed by atoms with Crippen molar-refractivity contribution in [2.45, 2.75) is 52.0 Å². The second-order valence-electron chi connectivity index (χ2n) is 4.06. The Morgan fingerprint density at radius 1 is 1.46 bits per heavy atom. The topological polar surface area (TPSA) is 4.93 Å². The molecule has 13 heavy (non-hydrogen) atoms. The molecule has 72 valence electrons. The number of hydrogen-bond donors (Lipinski definition) is 0. The third-order valence-corrected chi connectivity index (χ3v) is 3.21. The predicted molar refractivity (Wildman–Crippen MR) is 56.1 cm³/mol. The van der Waals surface area contributed by atoms with Crippen LogP contribution in [0.3, 0.4) is 0 Å². The molecule has 1 aromatic rings. The zero-order valence-corrected chi connectivity index (χ0v) is 8.71. The third kappa shape index (κ3) is 1.41. The fourth-order valence-corrected chi connectivity index (χ4v) is 2.53. The van der Waals surface area contributed by atoms with E-state index in [9.17, 15) is 0 Å². The molecular weight excluding hydrogens is 158 g/mol. The lowest BCUT2D eigenvalue weighted by Gasteiger charge is -2.08. The molecule has 0 saturated heterocycles. The van der Waals surface area contributed by atoms with Crippen molar-refractivity contribution in [3.63, 3.8) is 0 Å². The number of fused-ring (bicyclic) bond motifs is 1. The fourth-order valence-electron chi connectivity index (χ4n) is 2.53. The van der Waals surface area contributed by atoms with Crippen molar-refractivity contribution in [3.05, 3.63) is 23.5 Å². The number of rotatable bonds is 3. The summed E-state index contributed by atoms with van der Waals surface area (Å²) in [6.45, 7) is 5.82. The first-order valence-electron chi connectivity index (χ1n) is 5.54. The molecule has 0 fully saturated rings. The van der Waals surface area contributed by atoms with E-state index in [1.165, 1.54) is 32.2 Å². The van der Waals surface area contributed by atoms with Gasteiger partial charge in [0.1, 0.15) is 0 Å². The highest BCUT2D eigenvalue weighted by molar-refractivity contribution is 5.28. The molecule has 1 nitrogen and oxygen atoms in total. The van der Waals surface area contributed by atoms with Crippen molar-refractivity contribution in [1.29, 1.82) is 0 Å². The highest BCUT2D eigenvalue weighted by Crippen LogP contribution is 2.34. The van der Waals surface area contributed by atoms with Gasteiger partial charge in [0, 0.05) is 24.4 Å². The molecule has 0 aromatic carbocycles. The number of aryl methyl sites for hydroxylation is 2. The van der Waals surface area contributed by atoms with Gasteiger partial charge in [0.05, 0.1) is 0 Å². The van der Waals surface area contributed by atoms with Crippen molar-refractivity contribution in [3.8, 4) is 0 Å². The van der Waals surface area contributed by atoms with Gasteiger partial charge in [-0.1, -0.05) is 20.3 Å². The largest absolute Gasteiger partial charge is 0.351 e. The summed E-state index contributed by atoms with van der Waals surface area (Å²) in [7, 11) is 0. The van der Waals surface area contributed by atoms with E-state index in [-0.39, 0.29) is 0 Å². The smallest absolute Gasteiger partial charge is 0.0238 e. The second kappa shape index (κ2) is 3.57. The van der Waals surface area contributed by atoms with Gasteiger partial charge in [0.2, 0.25) is 0 Å². The molecule has 0 spiro atoms. The van der Waals surface area contributed by atoms with Crippen LogP contribution < -0.4 is 0 Å². The average Bonchev–Trinajstić information content (AvgIpc) is 2.68. The standard InChI is InChI=1S/C12H19N/c1-3-5-11-7-9-13-8-6-10(4-2)12(11)13/h7,9-10H,3-6,8H2,1-2H3. The summed E-state index contributed by atoms with van der Waals surface area (Å²) in [5.74, 6) is 0.844. The molecule has 0 amide bonds. The summed E-state index contributed by atoms with van der Waals surface area (Å²) in [5.41, 5.74) is 3.25. The Kier molecular flexibility index (Phi) is 2.43. The minimum Gasteiger partial charge on any atom is -0.351 e. The summed E-state index contributed by atoms with van der Waals surface area (Å²) >= 11 is 0. The van der Waals surface area contributed by atoms with Crippen molar-refractivity contribution in [2.75, 3.05) is 0 Å². The predicted octanol–water partition coefficient (Wildman–Crippen LogP) is 3.34. The van der Waals surface area contributed by atoms with Crippen molar-refractivity contribution in [1.82, 2.24) is 4.57 Å². The highest BCUT2D eigenvalue weighted by Gasteiger charge is 2.23. The maximum atomic E-state index is 2.46. The summed E-state index contributed by atoms with van der Waals surface area (Å²) in [4.78, 5) is 0. The van der Waals surface area contributed by atoms with E-state index in [2.05, 4.69) is 30.7 Å². The van der Waals surface area contributed by atoms with Crippen LogP contribution in [0, 0.1) is 0 Å². The maximum absolute atomic E-state index is 2.46. The number of nitrogens with zero attached hydrogens (tertiary/aromatic N) is 1. The molecule has 2 rings (SSSR count). The van der Waals surface area contributed by atoms with Crippen molar-refractivity contribution < 1.29 is 0 Å². The first-order chi connectivity index (χ1) is 6.36. The van der Waals surface area contributed by atoms with E-state index in [0.29, 0.717) is 0 Å². The first-order valence-corrected chi connectivity index (χ1v) is 5.54. The molecular formula is C12H19N. The quantitative estimate of drug-likeness (QED) is 0.667. The SMILES string of the molecule is CCCc1ccn2c1C(CC)CC2. The molecule has 1 aliphatic heterocycles. The Labute approximate surface area is 80.8 Å². The third-order valence-electron chi connectivity index (χ3n) is 3.21. The van der Waals surface area contributed by atoms with Crippen LogP contribution in [0.15, 0.2) is 12.3 Å². The van der Waals surface area contributed by atoms with Crippen LogP contribution in [-0.2, 0) is 13.0 Å². The maximum Gasteiger partial charge on any atom is 0.0238 e. The van der Waals surface area contributed by atoms with Crippen LogP contribution in [-0.4, -0.2) is 4.57 Å². The Balaban J connectivity index is 2.29. The van der Waals surface area contributed by atoms with Crippen LogP contribution in [0.5, 0.6) is 0 Å². The van der Waals surface area contributed by atoms with Gasteiger partial charge < -0.3 is 4.57 Å². The molecule has 1 aromatic heterocycles. The molecule has 0 aliphatic carbocycles. The lowest BCUT2D eigenvalue weighted by Crippen LogP contribution is -1.96. The molecule has 0 radical (unpaired) electrons. The van der Waals surface area contributed by atoms with E-state index < -0.39 is 0 Å². The Hall–Kier alpha value is -0.720. The highest BCUT2D eigenvalue weighted by atomic mass is 15.0. The van der Waals surface area contributed by atoms with Crippen molar-refractivity contribution >= 4 is 0 Å². The van der Waals surface area contributed by atoms with E-state index >= 15 is 0 Å². The van der Waals surface area contributed by atoms with Crippen LogP contribution in [0.1, 0.15) is 50.3 Å². The first kappa shape index (κ1) is 8.86. The molecule has 0 N–H and O–H groups in total. The average molecular weight is 177 g/mol. The summed E-state index contributed by atoms with van der Waals surface area (Å²) in [6.07, 6.45) is 7.48. The van der Waals surface area contributed by atoms with Crippen LogP contribution in [0.4, 0.5) is 0 Å². The van der Waals surface area contributed by atoms with Gasteiger partial charge in [-0.2, -0.15) is 0 Å². The molecule has 0 bridgehead atoms. The van der Waals surface area contributed by atoms with E-state index in [0.717, 1.165) is 5.92 Å². The zero-order chi connectivity index (χ0) is 9.26. The van der Waals surface area contributed by atoms with Gasteiger partial charge >= 0.3 is 0 Å². The monoisotopic (exact) mass is 177 g/mol. The van der Waals surface area contributed by atoms with E-state index in [1.807, 2.05) is 0 Å². The lowest BCUT2D eigenvalue weighted by molar-refractivity contribution is 0.639. The van der Waals surface area contributed by atoms with Gasteiger partial charge in [-0.25, -0.2) is 0 Å².